The van der Waals surface area contributed by atoms with Gasteiger partial charge < -0.3 is 13.7 Å². The summed E-state index contributed by atoms with van der Waals surface area (Å²) >= 11 is 0. The normalized spacial score (nSPS) is 13.9. The molecule has 1 unspecified atom stereocenters. The van der Waals surface area contributed by atoms with E-state index < -0.39 is 0 Å². The van der Waals surface area contributed by atoms with E-state index >= 15 is 0 Å². The molecule has 1 atom stereocenters. The van der Waals surface area contributed by atoms with E-state index in [1.165, 1.54) is 27.6 Å². The van der Waals surface area contributed by atoms with Gasteiger partial charge in [-0.25, -0.2) is 0 Å². The number of para-hydroxylation sites is 1. The zero-order chi connectivity index (χ0) is 36.3. The smallest absolute Gasteiger partial charge is 0.143 e. The Labute approximate surface area is 319 Å². The Bertz CT molecular complexity index is 3050. The van der Waals surface area contributed by atoms with Gasteiger partial charge in [-0.1, -0.05) is 158 Å². The SMILES string of the molecule is C1=Cc2c(oc3ccccc23)C(N(c2ccc(-c3ccccc3)cc2)c2cc3c(cc2-c2ccccc2)oc2c4ccccc4c(-c4ccccc4)cc32)C1. The Morgan fingerprint density at radius 1 is 0.436 bits per heavy atom. The number of hydrogen-bond donors (Lipinski definition) is 0. The molecule has 0 aliphatic heterocycles. The lowest BCUT2D eigenvalue weighted by Crippen LogP contribution is -2.25. The Kier molecular flexibility index (Phi) is 7.31. The van der Waals surface area contributed by atoms with Crippen molar-refractivity contribution in [1.82, 2.24) is 0 Å². The van der Waals surface area contributed by atoms with Crippen molar-refractivity contribution >= 4 is 61.1 Å². The van der Waals surface area contributed by atoms with Gasteiger partial charge >= 0.3 is 0 Å². The lowest BCUT2D eigenvalue weighted by Gasteiger charge is -2.35. The average Bonchev–Trinajstić information content (AvgIpc) is 3.83. The molecule has 0 bridgehead atoms. The Morgan fingerprint density at radius 2 is 1.04 bits per heavy atom. The molecule has 0 spiro atoms. The second-order valence-corrected chi connectivity index (χ2v) is 14.4. The van der Waals surface area contributed by atoms with Crippen LogP contribution in [0.1, 0.15) is 23.8 Å². The van der Waals surface area contributed by atoms with Gasteiger partial charge in [-0.05, 0) is 76.0 Å². The van der Waals surface area contributed by atoms with Gasteiger partial charge in [0.2, 0.25) is 0 Å². The number of furan rings is 2. The summed E-state index contributed by atoms with van der Waals surface area (Å²) in [6.45, 7) is 0. The number of anilines is 2. The van der Waals surface area contributed by atoms with E-state index in [9.17, 15) is 0 Å². The van der Waals surface area contributed by atoms with Crippen LogP contribution in [0.3, 0.4) is 0 Å². The van der Waals surface area contributed by atoms with Crippen LogP contribution in [0.5, 0.6) is 0 Å². The summed E-state index contributed by atoms with van der Waals surface area (Å²) in [6, 6.07) is 64.8. The average molecular weight is 706 g/mol. The first-order valence-electron chi connectivity index (χ1n) is 18.9. The summed E-state index contributed by atoms with van der Waals surface area (Å²) in [5.41, 5.74) is 13.0. The van der Waals surface area contributed by atoms with Crippen molar-refractivity contribution in [1.29, 1.82) is 0 Å². The van der Waals surface area contributed by atoms with Crippen LogP contribution < -0.4 is 4.90 Å². The van der Waals surface area contributed by atoms with E-state index in [0.717, 1.165) is 78.5 Å². The quantitative estimate of drug-likeness (QED) is 0.172. The Balaban J connectivity index is 1.21. The highest BCUT2D eigenvalue weighted by Gasteiger charge is 2.32. The predicted molar refractivity (Wildman–Crippen MR) is 229 cm³/mol. The monoisotopic (exact) mass is 705 g/mol. The van der Waals surface area contributed by atoms with E-state index in [-0.39, 0.29) is 6.04 Å². The summed E-state index contributed by atoms with van der Waals surface area (Å²) in [5.74, 6) is 0.976. The van der Waals surface area contributed by atoms with Crippen molar-refractivity contribution in [2.24, 2.45) is 0 Å². The molecule has 0 N–H and O–H groups in total. The molecule has 2 aromatic heterocycles. The van der Waals surface area contributed by atoms with Gasteiger partial charge in [-0.15, -0.1) is 0 Å². The van der Waals surface area contributed by atoms with E-state index in [4.69, 9.17) is 8.83 Å². The fourth-order valence-corrected chi connectivity index (χ4v) is 8.62. The number of hydrogen-bond acceptors (Lipinski definition) is 3. The van der Waals surface area contributed by atoms with Crippen molar-refractivity contribution in [3.05, 3.63) is 199 Å². The summed E-state index contributed by atoms with van der Waals surface area (Å²) in [7, 11) is 0. The maximum atomic E-state index is 6.92. The van der Waals surface area contributed by atoms with E-state index in [1.54, 1.807) is 0 Å². The zero-order valence-electron chi connectivity index (χ0n) is 30.0. The minimum atomic E-state index is -0.103. The maximum Gasteiger partial charge on any atom is 0.143 e. The maximum absolute atomic E-state index is 6.92. The fraction of sp³-hybridized carbons (Fsp3) is 0.0385. The van der Waals surface area contributed by atoms with Crippen molar-refractivity contribution in [2.75, 3.05) is 4.90 Å². The van der Waals surface area contributed by atoms with Gasteiger partial charge in [0.25, 0.3) is 0 Å². The number of fused-ring (bicyclic) bond motifs is 8. The molecule has 0 fully saturated rings. The van der Waals surface area contributed by atoms with E-state index in [1.807, 2.05) is 0 Å². The molecule has 8 aromatic carbocycles. The van der Waals surface area contributed by atoms with Crippen LogP contribution in [0.25, 0.3) is 83.1 Å². The summed E-state index contributed by atoms with van der Waals surface area (Å²) in [4.78, 5) is 2.50. The second-order valence-electron chi connectivity index (χ2n) is 14.4. The highest BCUT2D eigenvalue weighted by molar-refractivity contribution is 6.20. The molecular formula is C52H35NO2. The van der Waals surface area contributed by atoms with Gasteiger partial charge in [0.1, 0.15) is 22.5 Å². The number of nitrogens with zero attached hydrogens (tertiary/aromatic N) is 1. The lowest BCUT2D eigenvalue weighted by atomic mass is 9.92. The number of benzene rings is 8. The van der Waals surface area contributed by atoms with Gasteiger partial charge in [0.15, 0.2) is 0 Å². The largest absolute Gasteiger partial charge is 0.458 e. The van der Waals surface area contributed by atoms with Crippen LogP contribution in [0.2, 0.25) is 0 Å². The summed E-state index contributed by atoms with van der Waals surface area (Å²) < 4.78 is 13.7. The van der Waals surface area contributed by atoms with Crippen LogP contribution in [-0.4, -0.2) is 0 Å². The van der Waals surface area contributed by atoms with Gasteiger partial charge in [0, 0.05) is 38.4 Å². The molecule has 1 aliphatic carbocycles. The van der Waals surface area contributed by atoms with Crippen LogP contribution in [-0.2, 0) is 0 Å². The first-order valence-corrected chi connectivity index (χ1v) is 18.9. The van der Waals surface area contributed by atoms with Crippen molar-refractivity contribution < 1.29 is 8.83 Å². The molecule has 55 heavy (non-hydrogen) atoms. The van der Waals surface area contributed by atoms with E-state index in [2.05, 4.69) is 199 Å². The molecule has 0 saturated carbocycles. The molecule has 2 heterocycles. The standard InChI is InChI=1S/C52H35NO2/c1-4-15-34(16-5-1)35-27-29-38(30-28-35)53(47-25-14-24-42-40-22-12-13-26-49(40)54-52(42)47)48-32-45-46-31-43(36-17-6-2-7-18-36)39-21-10-11-23-41(39)51(46)55-50(45)33-44(48)37-19-8-3-9-20-37/h1-24,26-33,47H,25H2. The predicted octanol–water partition coefficient (Wildman–Crippen LogP) is 14.8. The zero-order valence-corrected chi connectivity index (χ0v) is 30.0. The van der Waals surface area contributed by atoms with Crippen molar-refractivity contribution in [3.63, 3.8) is 0 Å². The molecule has 260 valence electrons. The fourth-order valence-electron chi connectivity index (χ4n) is 8.62. The molecule has 1 aliphatic rings. The number of rotatable bonds is 6. The third kappa shape index (κ3) is 5.20. The van der Waals surface area contributed by atoms with Crippen LogP contribution in [0.15, 0.2) is 197 Å². The summed E-state index contributed by atoms with van der Waals surface area (Å²) in [6.07, 6.45) is 5.32. The third-order valence-corrected chi connectivity index (χ3v) is 11.2. The molecule has 10 aromatic rings. The minimum Gasteiger partial charge on any atom is -0.458 e. The van der Waals surface area contributed by atoms with Crippen LogP contribution in [0.4, 0.5) is 11.4 Å². The molecule has 11 rings (SSSR count). The van der Waals surface area contributed by atoms with Gasteiger partial charge in [0.05, 0.1) is 11.7 Å². The molecule has 3 heteroatoms. The molecule has 0 amide bonds. The lowest BCUT2D eigenvalue weighted by molar-refractivity contribution is 0.489. The Morgan fingerprint density at radius 3 is 1.76 bits per heavy atom. The van der Waals surface area contributed by atoms with E-state index in [0.29, 0.717) is 0 Å². The molecule has 0 saturated heterocycles. The first-order chi connectivity index (χ1) is 27.3. The third-order valence-electron chi connectivity index (χ3n) is 11.2. The highest BCUT2D eigenvalue weighted by atomic mass is 16.3. The first kappa shape index (κ1) is 31.4. The second kappa shape index (κ2) is 12.8. The molecule has 3 nitrogen and oxygen atoms in total. The van der Waals surface area contributed by atoms with Gasteiger partial charge in [-0.2, -0.15) is 0 Å². The van der Waals surface area contributed by atoms with Gasteiger partial charge in [-0.3, -0.25) is 0 Å². The van der Waals surface area contributed by atoms with Crippen LogP contribution in [0, 0.1) is 0 Å². The van der Waals surface area contributed by atoms with Crippen molar-refractivity contribution in [3.8, 4) is 33.4 Å². The highest BCUT2D eigenvalue weighted by Crippen LogP contribution is 2.50. The minimum absolute atomic E-state index is 0.103. The topological polar surface area (TPSA) is 29.5 Å². The summed E-state index contributed by atoms with van der Waals surface area (Å²) in [5, 5.41) is 5.60. The molecular weight excluding hydrogens is 671 g/mol. The molecule has 0 radical (unpaired) electrons. The van der Waals surface area contributed by atoms with Crippen molar-refractivity contribution in [2.45, 2.75) is 12.5 Å². The van der Waals surface area contributed by atoms with Crippen LogP contribution >= 0.6 is 0 Å². The Hall–Kier alpha value is -7.10.